The van der Waals surface area contributed by atoms with Gasteiger partial charge in [0.1, 0.15) is 5.58 Å². The molecule has 0 aliphatic heterocycles. The zero-order chi connectivity index (χ0) is 14.1. The number of phenolic OH excluding ortho intramolecular Hbond substituents is 2. The number of phenols is 2. The van der Waals surface area contributed by atoms with E-state index < -0.39 is 0 Å². The molecule has 4 heteroatoms. The molecule has 0 spiro atoms. The van der Waals surface area contributed by atoms with Crippen molar-refractivity contribution in [3.63, 3.8) is 0 Å². The highest BCUT2D eigenvalue weighted by atomic mass is 16.3. The molecule has 1 heterocycles. The number of fused-ring (bicyclic) bond motifs is 1. The molecule has 1 atom stereocenters. The predicted molar refractivity (Wildman–Crippen MR) is 76.6 cm³/mol. The fraction of sp³-hybridized carbons (Fsp3) is 0.125. The summed E-state index contributed by atoms with van der Waals surface area (Å²) in [6.45, 7) is 0. The Morgan fingerprint density at radius 3 is 2.60 bits per heavy atom. The number of hydrogen-bond acceptors (Lipinski definition) is 4. The van der Waals surface area contributed by atoms with Crippen LogP contribution in [0.2, 0.25) is 0 Å². The number of aromatic hydroxyl groups is 2. The quantitative estimate of drug-likeness (QED) is 0.638. The van der Waals surface area contributed by atoms with Crippen molar-refractivity contribution in [2.24, 2.45) is 5.73 Å². The minimum Gasteiger partial charge on any atom is -0.504 e. The van der Waals surface area contributed by atoms with Crippen LogP contribution in [0.1, 0.15) is 17.2 Å². The average Bonchev–Trinajstić information content (AvgIpc) is 2.95. The molecule has 1 aromatic heterocycles. The van der Waals surface area contributed by atoms with E-state index in [0.29, 0.717) is 17.4 Å². The van der Waals surface area contributed by atoms with Gasteiger partial charge in [-0.1, -0.05) is 30.3 Å². The Labute approximate surface area is 116 Å². The third kappa shape index (κ3) is 2.10. The largest absolute Gasteiger partial charge is 0.504 e. The normalized spacial score (nSPS) is 12.7. The Bertz CT molecular complexity index is 734. The number of rotatable bonds is 3. The molecule has 4 N–H and O–H groups in total. The van der Waals surface area contributed by atoms with Crippen LogP contribution in [0.3, 0.4) is 0 Å². The summed E-state index contributed by atoms with van der Waals surface area (Å²) in [5.41, 5.74) is 8.54. The second-order valence-electron chi connectivity index (χ2n) is 4.79. The molecule has 102 valence electrons. The second kappa shape index (κ2) is 4.90. The number of nitrogens with two attached hydrogens (primary N) is 1. The Hall–Kier alpha value is -2.46. The first-order valence-corrected chi connectivity index (χ1v) is 6.38. The highest BCUT2D eigenvalue weighted by molar-refractivity contribution is 5.89. The van der Waals surface area contributed by atoms with Crippen molar-refractivity contribution in [2.45, 2.75) is 12.5 Å². The van der Waals surface area contributed by atoms with Gasteiger partial charge in [-0.25, -0.2) is 0 Å². The second-order valence-corrected chi connectivity index (χ2v) is 4.79. The third-order valence-corrected chi connectivity index (χ3v) is 3.43. The summed E-state index contributed by atoms with van der Waals surface area (Å²) in [5, 5.41) is 20.0. The molecule has 0 amide bonds. The van der Waals surface area contributed by atoms with Crippen LogP contribution in [0.5, 0.6) is 11.5 Å². The SMILES string of the molecule is NC(Cc1cc(O)c(O)c2ccoc12)c1ccccc1. The first-order chi connectivity index (χ1) is 9.66. The summed E-state index contributed by atoms with van der Waals surface area (Å²) in [6, 6.07) is 12.7. The van der Waals surface area contributed by atoms with E-state index in [0.717, 1.165) is 11.1 Å². The molecular formula is C16H15NO3. The molecule has 0 aliphatic rings. The summed E-state index contributed by atoms with van der Waals surface area (Å²) in [4.78, 5) is 0. The number of furan rings is 1. The lowest BCUT2D eigenvalue weighted by atomic mass is 9.98. The Balaban J connectivity index is 1.99. The fourth-order valence-electron chi connectivity index (χ4n) is 2.39. The lowest BCUT2D eigenvalue weighted by molar-refractivity contribution is 0.407. The fourth-order valence-corrected chi connectivity index (χ4v) is 2.39. The predicted octanol–water partition coefficient (Wildman–Crippen LogP) is 3.09. The van der Waals surface area contributed by atoms with Gasteiger partial charge < -0.3 is 20.4 Å². The van der Waals surface area contributed by atoms with Gasteiger partial charge in [0.25, 0.3) is 0 Å². The number of hydrogen-bond donors (Lipinski definition) is 3. The van der Waals surface area contributed by atoms with Crippen LogP contribution in [0.25, 0.3) is 11.0 Å². The maximum absolute atomic E-state index is 9.78. The van der Waals surface area contributed by atoms with Crippen LogP contribution in [-0.4, -0.2) is 10.2 Å². The molecule has 0 saturated carbocycles. The zero-order valence-electron chi connectivity index (χ0n) is 10.8. The molecule has 4 nitrogen and oxygen atoms in total. The Kier molecular flexibility index (Phi) is 3.08. The van der Waals surface area contributed by atoms with Crippen LogP contribution < -0.4 is 5.73 Å². The van der Waals surface area contributed by atoms with Crippen molar-refractivity contribution in [3.05, 3.63) is 59.9 Å². The van der Waals surface area contributed by atoms with E-state index in [-0.39, 0.29) is 17.5 Å². The smallest absolute Gasteiger partial charge is 0.168 e. The molecule has 20 heavy (non-hydrogen) atoms. The number of benzene rings is 2. The van der Waals surface area contributed by atoms with Crippen LogP contribution in [0, 0.1) is 0 Å². The first kappa shape index (κ1) is 12.6. The van der Waals surface area contributed by atoms with Crippen molar-refractivity contribution in [1.82, 2.24) is 0 Å². The average molecular weight is 269 g/mol. The summed E-state index contributed by atoms with van der Waals surface area (Å²) in [5.74, 6) is -0.319. The van der Waals surface area contributed by atoms with Crippen molar-refractivity contribution in [3.8, 4) is 11.5 Å². The van der Waals surface area contributed by atoms with Crippen molar-refractivity contribution in [1.29, 1.82) is 0 Å². The van der Waals surface area contributed by atoms with Gasteiger partial charge in [0.05, 0.1) is 11.6 Å². The van der Waals surface area contributed by atoms with Gasteiger partial charge in [0, 0.05) is 11.6 Å². The molecule has 0 radical (unpaired) electrons. The van der Waals surface area contributed by atoms with E-state index in [1.54, 1.807) is 6.07 Å². The van der Waals surface area contributed by atoms with E-state index >= 15 is 0 Å². The first-order valence-electron chi connectivity index (χ1n) is 6.38. The molecule has 0 saturated heterocycles. The van der Waals surface area contributed by atoms with Gasteiger partial charge in [-0.2, -0.15) is 0 Å². The van der Waals surface area contributed by atoms with Gasteiger partial charge in [0.15, 0.2) is 11.5 Å². The molecule has 1 unspecified atom stereocenters. The van der Waals surface area contributed by atoms with E-state index in [4.69, 9.17) is 10.2 Å². The van der Waals surface area contributed by atoms with E-state index in [2.05, 4.69) is 0 Å². The van der Waals surface area contributed by atoms with Crippen LogP contribution in [0.4, 0.5) is 0 Å². The van der Waals surface area contributed by atoms with Gasteiger partial charge in [-0.15, -0.1) is 0 Å². The maximum atomic E-state index is 9.78. The van der Waals surface area contributed by atoms with Crippen molar-refractivity contribution < 1.29 is 14.6 Å². The van der Waals surface area contributed by atoms with Crippen LogP contribution >= 0.6 is 0 Å². The molecule has 0 fully saturated rings. The zero-order valence-corrected chi connectivity index (χ0v) is 10.8. The van der Waals surface area contributed by atoms with Crippen LogP contribution in [-0.2, 0) is 6.42 Å². The van der Waals surface area contributed by atoms with Gasteiger partial charge >= 0.3 is 0 Å². The topological polar surface area (TPSA) is 79.6 Å². The van der Waals surface area contributed by atoms with E-state index in [1.807, 2.05) is 30.3 Å². The summed E-state index contributed by atoms with van der Waals surface area (Å²) in [7, 11) is 0. The van der Waals surface area contributed by atoms with Crippen LogP contribution in [0.15, 0.2) is 53.1 Å². The van der Waals surface area contributed by atoms with E-state index in [1.165, 1.54) is 12.3 Å². The molecule has 0 aliphatic carbocycles. The molecular weight excluding hydrogens is 254 g/mol. The lowest BCUT2D eigenvalue weighted by Crippen LogP contribution is -2.13. The Morgan fingerprint density at radius 1 is 1.10 bits per heavy atom. The minimum absolute atomic E-state index is 0.158. The molecule has 3 rings (SSSR count). The van der Waals surface area contributed by atoms with Gasteiger partial charge in [-0.3, -0.25) is 0 Å². The summed E-state index contributed by atoms with van der Waals surface area (Å²) in [6.07, 6.45) is 2.00. The maximum Gasteiger partial charge on any atom is 0.168 e. The van der Waals surface area contributed by atoms with Crippen molar-refractivity contribution >= 4 is 11.0 Å². The molecule has 2 aromatic carbocycles. The lowest BCUT2D eigenvalue weighted by Gasteiger charge is -2.13. The third-order valence-electron chi connectivity index (χ3n) is 3.43. The van der Waals surface area contributed by atoms with Crippen molar-refractivity contribution in [2.75, 3.05) is 0 Å². The minimum atomic E-state index is -0.201. The van der Waals surface area contributed by atoms with Gasteiger partial charge in [-0.05, 0) is 24.1 Å². The van der Waals surface area contributed by atoms with Gasteiger partial charge in [0.2, 0.25) is 0 Å². The van der Waals surface area contributed by atoms with E-state index in [9.17, 15) is 10.2 Å². The highest BCUT2D eigenvalue weighted by Crippen LogP contribution is 2.37. The summed E-state index contributed by atoms with van der Waals surface area (Å²) < 4.78 is 5.39. The monoisotopic (exact) mass is 269 g/mol. The molecule has 0 bridgehead atoms. The Morgan fingerprint density at radius 2 is 1.85 bits per heavy atom. The molecule has 3 aromatic rings. The highest BCUT2D eigenvalue weighted by Gasteiger charge is 2.16. The summed E-state index contributed by atoms with van der Waals surface area (Å²) >= 11 is 0. The standard InChI is InChI=1S/C16H15NO3/c17-13(10-4-2-1-3-5-10)8-11-9-14(18)15(19)12-6-7-20-16(11)12/h1-7,9,13,18-19H,8,17H2.